The number of aromatic nitrogens is 1. The van der Waals surface area contributed by atoms with Gasteiger partial charge >= 0.3 is 6.18 Å². The van der Waals surface area contributed by atoms with Gasteiger partial charge in [-0.25, -0.2) is 0 Å². The summed E-state index contributed by atoms with van der Waals surface area (Å²) in [5, 5.41) is 1.93. The quantitative estimate of drug-likeness (QED) is 0.614. The van der Waals surface area contributed by atoms with E-state index < -0.39 is 22.7 Å². The first-order valence-corrected chi connectivity index (χ1v) is 8.50. The number of amides is 1. The number of nitrogens with zero attached hydrogens (tertiary/aromatic N) is 1. The molecule has 1 N–H and O–H groups in total. The van der Waals surface area contributed by atoms with Gasteiger partial charge in [0.05, 0.1) is 10.6 Å². The summed E-state index contributed by atoms with van der Waals surface area (Å²) in [4.78, 5) is 15.9. The predicted molar refractivity (Wildman–Crippen MR) is 100 cm³/mol. The molecule has 1 amide bonds. The lowest BCUT2D eigenvalue weighted by molar-refractivity contribution is -0.137. The molecule has 0 aliphatic heterocycles. The van der Waals surface area contributed by atoms with Crippen LogP contribution in [-0.4, -0.2) is 17.5 Å². The first-order chi connectivity index (χ1) is 13.3. The van der Waals surface area contributed by atoms with Gasteiger partial charge in [0.1, 0.15) is 5.75 Å². The van der Waals surface area contributed by atoms with Crippen LogP contribution in [0.1, 0.15) is 5.56 Å². The molecule has 3 aromatic rings. The molecule has 1 aromatic heterocycles. The molecule has 0 saturated carbocycles. The van der Waals surface area contributed by atoms with Crippen molar-refractivity contribution >= 4 is 23.2 Å². The van der Waals surface area contributed by atoms with Gasteiger partial charge in [0.25, 0.3) is 5.91 Å². The molecule has 4 nitrogen and oxygen atoms in total. The molecule has 3 rings (SSSR count). The Balaban J connectivity index is 1.59. The molecule has 0 fully saturated rings. The number of ether oxygens (including phenoxy) is 1. The van der Waals surface area contributed by atoms with Gasteiger partial charge in [-0.3, -0.25) is 9.78 Å². The van der Waals surface area contributed by atoms with Gasteiger partial charge < -0.3 is 10.1 Å². The van der Waals surface area contributed by atoms with Crippen LogP contribution in [0.4, 0.5) is 18.9 Å². The van der Waals surface area contributed by atoms with E-state index >= 15 is 0 Å². The zero-order chi connectivity index (χ0) is 20.1. The van der Waals surface area contributed by atoms with E-state index in [0.29, 0.717) is 5.75 Å². The summed E-state index contributed by atoms with van der Waals surface area (Å²) in [5.74, 6) is -0.131. The zero-order valence-corrected chi connectivity index (χ0v) is 15.1. The highest BCUT2D eigenvalue weighted by Crippen LogP contribution is 2.36. The molecule has 0 unspecified atom stereocenters. The predicted octanol–water partition coefficient (Wildman–Crippen LogP) is 5.44. The Morgan fingerprint density at radius 3 is 2.29 bits per heavy atom. The van der Waals surface area contributed by atoms with Gasteiger partial charge in [0.15, 0.2) is 6.61 Å². The second kappa shape index (κ2) is 8.31. The zero-order valence-electron chi connectivity index (χ0n) is 14.3. The van der Waals surface area contributed by atoms with Crippen LogP contribution >= 0.6 is 11.6 Å². The van der Waals surface area contributed by atoms with Crippen molar-refractivity contribution in [1.82, 2.24) is 4.98 Å². The Morgan fingerprint density at radius 1 is 1.00 bits per heavy atom. The van der Waals surface area contributed by atoms with Crippen molar-refractivity contribution in [3.8, 4) is 16.9 Å². The lowest BCUT2D eigenvalue weighted by atomic mass is 10.1. The molecular formula is C20H14ClF3N2O2. The molecule has 8 heteroatoms. The Kier molecular flexibility index (Phi) is 5.84. The molecule has 144 valence electrons. The van der Waals surface area contributed by atoms with Crippen LogP contribution in [0.5, 0.6) is 5.75 Å². The van der Waals surface area contributed by atoms with Crippen LogP contribution in [0.3, 0.4) is 0 Å². The number of hydrogen-bond donors (Lipinski definition) is 1. The number of halogens is 4. The number of benzene rings is 2. The molecule has 0 bridgehead atoms. The second-order valence-electron chi connectivity index (χ2n) is 5.79. The van der Waals surface area contributed by atoms with E-state index in [1.54, 1.807) is 24.5 Å². The van der Waals surface area contributed by atoms with Crippen molar-refractivity contribution < 1.29 is 22.7 Å². The summed E-state index contributed by atoms with van der Waals surface area (Å²) in [6, 6.07) is 13.9. The summed E-state index contributed by atoms with van der Waals surface area (Å²) < 4.78 is 44.0. The highest BCUT2D eigenvalue weighted by Gasteiger charge is 2.33. The largest absolute Gasteiger partial charge is 0.484 e. The highest BCUT2D eigenvalue weighted by atomic mass is 35.5. The van der Waals surface area contributed by atoms with Gasteiger partial charge in [-0.1, -0.05) is 23.7 Å². The van der Waals surface area contributed by atoms with E-state index in [4.69, 9.17) is 16.3 Å². The third-order valence-corrected chi connectivity index (χ3v) is 4.12. The third kappa shape index (κ3) is 5.01. The molecule has 0 radical (unpaired) electrons. The number of rotatable bonds is 5. The summed E-state index contributed by atoms with van der Waals surface area (Å²) in [5.41, 5.74) is 0.917. The molecule has 0 aliphatic carbocycles. The number of carbonyl (C=O) groups is 1. The second-order valence-corrected chi connectivity index (χ2v) is 6.20. The standard InChI is InChI=1S/C20H14ClF3N2O2/c21-18-6-3-15(11-17(18)20(22,23)24)26-19(27)12-28-16-4-1-13(2-5-16)14-7-9-25-10-8-14/h1-11H,12H2,(H,26,27). The first kappa shape index (κ1) is 19.7. The Labute approximate surface area is 163 Å². The summed E-state index contributed by atoms with van der Waals surface area (Å²) in [6.45, 7) is -0.349. The Hall–Kier alpha value is -3.06. The average molecular weight is 407 g/mol. The van der Waals surface area contributed by atoms with Gasteiger partial charge in [0, 0.05) is 18.1 Å². The lowest BCUT2D eigenvalue weighted by Gasteiger charge is -2.12. The van der Waals surface area contributed by atoms with Crippen molar-refractivity contribution in [2.24, 2.45) is 0 Å². The van der Waals surface area contributed by atoms with Crippen molar-refractivity contribution in [1.29, 1.82) is 0 Å². The molecule has 0 saturated heterocycles. The van der Waals surface area contributed by atoms with Crippen LogP contribution in [0.25, 0.3) is 11.1 Å². The van der Waals surface area contributed by atoms with Crippen molar-refractivity contribution in [3.05, 3.63) is 77.6 Å². The molecule has 28 heavy (non-hydrogen) atoms. The number of nitrogens with one attached hydrogen (secondary N) is 1. The Morgan fingerprint density at radius 2 is 1.64 bits per heavy atom. The van der Waals surface area contributed by atoms with Crippen molar-refractivity contribution in [2.75, 3.05) is 11.9 Å². The van der Waals surface area contributed by atoms with Gasteiger partial charge in [-0.2, -0.15) is 13.2 Å². The summed E-state index contributed by atoms with van der Waals surface area (Å²) >= 11 is 5.55. The molecule has 1 heterocycles. The normalized spacial score (nSPS) is 11.1. The van der Waals surface area contributed by atoms with E-state index in [2.05, 4.69) is 10.3 Å². The topological polar surface area (TPSA) is 51.2 Å². The minimum atomic E-state index is -4.61. The highest BCUT2D eigenvalue weighted by molar-refractivity contribution is 6.31. The van der Waals surface area contributed by atoms with Crippen LogP contribution in [0, 0.1) is 0 Å². The maximum atomic E-state index is 12.9. The van der Waals surface area contributed by atoms with E-state index in [-0.39, 0.29) is 12.3 Å². The van der Waals surface area contributed by atoms with Gasteiger partial charge in [-0.15, -0.1) is 0 Å². The minimum Gasteiger partial charge on any atom is -0.484 e. The van der Waals surface area contributed by atoms with Crippen molar-refractivity contribution in [2.45, 2.75) is 6.18 Å². The number of hydrogen-bond acceptors (Lipinski definition) is 3. The van der Waals surface area contributed by atoms with Crippen LogP contribution < -0.4 is 10.1 Å². The fourth-order valence-corrected chi connectivity index (χ4v) is 2.68. The fraction of sp³-hybridized carbons (Fsp3) is 0.100. The number of pyridine rings is 1. The van der Waals surface area contributed by atoms with E-state index in [0.717, 1.165) is 23.3 Å². The fourth-order valence-electron chi connectivity index (χ4n) is 2.45. The third-order valence-electron chi connectivity index (χ3n) is 3.79. The number of alkyl halides is 3. The maximum absolute atomic E-state index is 12.9. The monoisotopic (exact) mass is 406 g/mol. The summed E-state index contributed by atoms with van der Waals surface area (Å²) in [7, 11) is 0. The van der Waals surface area contributed by atoms with Crippen LogP contribution in [0.2, 0.25) is 5.02 Å². The molecule has 0 atom stereocenters. The molecular weight excluding hydrogens is 393 g/mol. The average Bonchev–Trinajstić information content (AvgIpc) is 2.68. The van der Waals surface area contributed by atoms with Crippen LogP contribution in [-0.2, 0) is 11.0 Å². The SMILES string of the molecule is O=C(COc1ccc(-c2ccncc2)cc1)Nc1ccc(Cl)c(C(F)(F)F)c1. The molecule has 0 spiro atoms. The number of carbonyl (C=O) groups excluding carboxylic acids is 1. The van der Waals surface area contributed by atoms with E-state index in [1.165, 1.54) is 6.07 Å². The van der Waals surface area contributed by atoms with Crippen molar-refractivity contribution in [3.63, 3.8) is 0 Å². The number of anilines is 1. The van der Waals surface area contributed by atoms with Crippen LogP contribution in [0.15, 0.2) is 67.0 Å². The first-order valence-electron chi connectivity index (χ1n) is 8.13. The van der Waals surface area contributed by atoms with Gasteiger partial charge in [-0.05, 0) is 53.6 Å². The molecule has 0 aliphatic rings. The smallest absolute Gasteiger partial charge is 0.417 e. The lowest BCUT2D eigenvalue weighted by Crippen LogP contribution is -2.20. The maximum Gasteiger partial charge on any atom is 0.417 e. The van der Waals surface area contributed by atoms with E-state index in [1.807, 2.05) is 24.3 Å². The minimum absolute atomic E-state index is 0.0154. The Bertz CT molecular complexity index is 961. The summed E-state index contributed by atoms with van der Waals surface area (Å²) in [6.07, 6.45) is -1.24. The molecule has 2 aromatic carbocycles. The van der Waals surface area contributed by atoms with E-state index in [9.17, 15) is 18.0 Å². The van der Waals surface area contributed by atoms with Gasteiger partial charge in [0.2, 0.25) is 0 Å².